The van der Waals surface area contributed by atoms with Crippen LogP contribution in [0, 0.1) is 0 Å². The highest BCUT2D eigenvalue weighted by atomic mass is 16.6. The molecule has 0 saturated heterocycles. The lowest BCUT2D eigenvalue weighted by Gasteiger charge is -2.30. The number of esters is 1. The van der Waals surface area contributed by atoms with Crippen LogP contribution in [0.2, 0.25) is 0 Å². The fourth-order valence-electron chi connectivity index (χ4n) is 2.97. The van der Waals surface area contributed by atoms with Crippen molar-refractivity contribution in [3.63, 3.8) is 0 Å². The molecule has 1 amide bonds. The third kappa shape index (κ3) is 4.10. The molecule has 0 spiro atoms. The smallest absolute Gasteiger partial charge is 0.410 e. The third-order valence-corrected chi connectivity index (χ3v) is 4.07. The normalized spacial score (nSPS) is 14.8. The van der Waals surface area contributed by atoms with Gasteiger partial charge in [0.25, 0.3) is 0 Å². The van der Waals surface area contributed by atoms with Gasteiger partial charge in [-0.1, -0.05) is 6.08 Å². The predicted octanol–water partition coefficient (Wildman–Crippen LogP) is 3.16. The molecule has 1 aliphatic heterocycles. The van der Waals surface area contributed by atoms with Crippen molar-refractivity contribution in [3.05, 3.63) is 29.9 Å². The Morgan fingerprint density at radius 1 is 1.30 bits per heavy atom. The number of hydrogen-bond donors (Lipinski definition) is 1. The Morgan fingerprint density at radius 2 is 2.07 bits per heavy atom. The van der Waals surface area contributed by atoms with E-state index >= 15 is 0 Å². The lowest BCUT2D eigenvalue weighted by molar-refractivity contribution is 0.0272. The Kier molecular flexibility index (Phi) is 5.16. The van der Waals surface area contributed by atoms with E-state index in [-0.39, 0.29) is 12.7 Å². The summed E-state index contributed by atoms with van der Waals surface area (Å²) in [7, 11) is 0. The first kappa shape index (κ1) is 18.9. The molecule has 0 fully saturated rings. The van der Waals surface area contributed by atoms with Gasteiger partial charge in [0.1, 0.15) is 17.6 Å². The largest absolute Gasteiger partial charge is 0.462 e. The first-order chi connectivity index (χ1) is 12.8. The lowest BCUT2D eigenvalue weighted by atomic mass is 10.0. The molecular formula is C19H24N4O4. The average molecular weight is 372 g/mol. The molecule has 144 valence electrons. The number of rotatable bonds is 3. The Morgan fingerprint density at radius 3 is 2.78 bits per heavy atom. The number of amides is 1. The van der Waals surface area contributed by atoms with Crippen LogP contribution in [0.1, 0.15) is 50.2 Å². The molecule has 27 heavy (non-hydrogen) atoms. The van der Waals surface area contributed by atoms with Crippen LogP contribution in [0.4, 0.5) is 4.79 Å². The van der Waals surface area contributed by atoms with Crippen molar-refractivity contribution in [2.75, 3.05) is 19.7 Å². The highest BCUT2D eigenvalue weighted by Crippen LogP contribution is 2.28. The van der Waals surface area contributed by atoms with Crippen molar-refractivity contribution < 1.29 is 19.1 Å². The summed E-state index contributed by atoms with van der Waals surface area (Å²) in [6.45, 7) is 8.48. The molecule has 1 N–H and O–H groups in total. The minimum absolute atomic E-state index is 0.281. The van der Waals surface area contributed by atoms with Gasteiger partial charge < -0.3 is 19.4 Å². The van der Waals surface area contributed by atoms with E-state index in [1.807, 2.05) is 26.8 Å². The molecule has 3 rings (SSSR count). The number of nitrogens with one attached hydrogen (secondary N) is 1. The van der Waals surface area contributed by atoms with E-state index in [2.05, 4.69) is 15.0 Å². The molecule has 0 saturated carbocycles. The van der Waals surface area contributed by atoms with E-state index in [9.17, 15) is 9.59 Å². The first-order valence-electron chi connectivity index (χ1n) is 8.96. The number of nitrogens with zero attached hydrogens (tertiary/aromatic N) is 3. The quantitative estimate of drug-likeness (QED) is 0.831. The zero-order valence-corrected chi connectivity index (χ0v) is 16.0. The SMILES string of the molecule is CCOC(=O)c1c[nH]c2ncnc(C3=CCCN(C(=O)OC(C)(C)C)C3)c12. The topological polar surface area (TPSA) is 97.4 Å². The number of fused-ring (bicyclic) bond motifs is 1. The summed E-state index contributed by atoms with van der Waals surface area (Å²) in [5, 5.41) is 0.605. The van der Waals surface area contributed by atoms with Crippen LogP contribution >= 0.6 is 0 Å². The molecule has 0 aliphatic carbocycles. The zero-order valence-electron chi connectivity index (χ0n) is 16.0. The monoisotopic (exact) mass is 372 g/mol. The van der Waals surface area contributed by atoms with E-state index in [0.29, 0.717) is 41.8 Å². The van der Waals surface area contributed by atoms with Gasteiger partial charge in [-0.25, -0.2) is 19.6 Å². The number of H-pyrrole nitrogens is 1. The van der Waals surface area contributed by atoms with E-state index in [0.717, 1.165) is 5.57 Å². The lowest BCUT2D eigenvalue weighted by Crippen LogP contribution is -2.39. The minimum Gasteiger partial charge on any atom is -0.462 e. The van der Waals surface area contributed by atoms with E-state index in [1.165, 1.54) is 6.33 Å². The second kappa shape index (κ2) is 7.38. The molecule has 2 aromatic heterocycles. The van der Waals surface area contributed by atoms with Crippen molar-refractivity contribution in [2.45, 2.75) is 39.7 Å². The standard InChI is InChI=1S/C19H24N4O4/c1-5-26-17(24)13-9-20-16-14(13)15(21-11-22-16)12-7-6-8-23(10-12)18(25)27-19(2,3)4/h7,9,11H,5-6,8,10H2,1-4H3,(H,20,21,22). The van der Waals surface area contributed by atoms with Gasteiger partial charge in [0.15, 0.2) is 0 Å². The van der Waals surface area contributed by atoms with Crippen molar-refractivity contribution in [3.8, 4) is 0 Å². The Hall–Kier alpha value is -2.90. The van der Waals surface area contributed by atoms with E-state index in [1.54, 1.807) is 18.0 Å². The van der Waals surface area contributed by atoms with Crippen molar-refractivity contribution in [2.24, 2.45) is 0 Å². The summed E-state index contributed by atoms with van der Waals surface area (Å²) < 4.78 is 10.6. The summed E-state index contributed by atoms with van der Waals surface area (Å²) in [6, 6.07) is 0. The molecule has 2 aromatic rings. The number of aromatic nitrogens is 3. The van der Waals surface area contributed by atoms with Crippen LogP contribution < -0.4 is 0 Å². The van der Waals surface area contributed by atoms with Crippen LogP contribution in [0.15, 0.2) is 18.6 Å². The molecule has 3 heterocycles. The van der Waals surface area contributed by atoms with Gasteiger partial charge in [-0.15, -0.1) is 0 Å². The Bertz CT molecular complexity index is 895. The number of ether oxygens (including phenoxy) is 2. The molecular weight excluding hydrogens is 348 g/mol. The molecule has 8 heteroatoms. The Labute approximate surface area is 157 Å². The van der Waals surface area contributed by atoms with Crippen LogP contribution in [0.25, 0.3) is 16.6 Å². The summed E-state index contributed by atoms with van der Waals surface area (Å²) in [6.07, 6.45) is 5.37. The van der Waals surface area contributed by atoms with Gasteiger partial charge in [0.05, 0.1) is 29.8 Å². The third-order valence-electron chi connectivity index (χ3n) is 4.07. The fraction of sp³-hybridized carbons (Fsp3) is 0.474. The molecule has 0 radical (unpaired) electrons. The van der Waals surface area contributed by atoms with Gasteiger partial charge in [0.2, 0.25) is 0 Å². The number of carbonyl (C=O) groups excluding carboxylic acids is 2. The minimum atomic E-state index is -0.557. The van der Waals surface area contributed by atoms with Gasteiger partial charge in [-0.05, 0) is 39.7 Å². The van der Waals surface area contributed by atoms with Gasteiger partial charge >= 0.3 is 12.1 Å². The molecule has 1 aliphatic rings. The van der Waals surface area contributed by atoms with Crippen LogP contribution in [0.5, 0.6) is 0 Å². The van der Waals surface area contributed by atoms with Crippen molar-refractivity contribution in [1.29, 1.82) is 0 Å². The van der Waals surface area contributed by atoms with E-state index in [4.69, 9.17) is 9.47 Å². The van der Waals surface area contributed by atoms with Crippen molar-refractivity contribution >= 4 is 28.7 Å². The summed E-state index contributed by atoms with van der Waals surface area (Å²) in [4.78, 5) is 37.9. The second-order valence-corrected chi connectivity index (χ2v) is 7.29. The fourth-order valence-corrected chi connectivity index (χ4v) is 2.97. The zero-order chi connectivity index (χ0) is 19.6. The highest BCUT2D eigenvalue weighted by molar-refractivity contribution is 6.06. The predicted molar refractivity (Wildman–Crippen MR) is 100 cm³/mol. The maximum Gasteiger partial charge on any atom is 0.410 e. The van der Waals surface area contributed by atoms with Gasteiger partial charge in [-0.3, -0.25) is 0 Å². The summed E-state index contributed by atoms with van der Waals surface area (Å²) in [5.74, 6) is -0.430. The van der Waals surface area contributed by atoms with Crippen LogP contribution in [-0.2, 0) is 9.47 Å². The molecule has 0 unspecified atom stereocenters. The van der Waals surface area contributed by atoms with Gasteiger partial charge in [0, 0.05) is 12.7 Å². The van der Waals surface area contributed by atoms with Crippen LogP contribution in [-0.4, -0.2) is 57.2 Å². The van der Waals surface area contributed by atoms with Crippen molar-refractivity contribution in [1.82, 2.24) is 19.9 Å². The second-order valence-electron chi connectivity index (χ2n) is 7.29. The molecule has 0 aromatic carbocycles. The summed E-state index contributed by atoms with van der Waals surface area (Å²) >= 11 is 0. The first-order valence-corrected chi connectivity index (χ1v) is 8.96. The average Bonchev–Trinajstić information content (AvgIpc) is 3.05. The number of carbonyl (C=O) groups is 2. The number of aromatic amines is 1. The molecule has 0 atom stereocenters. The van der Waals surface area contributed by atoms with Crippen LogP contribution in [0.3, 0.4) is 0 Å². The maximum atomic E-state index is 12.4. The molecule has 0 bridgehead atoms. The summed E-state index contributed by atoms with van der Waals surface area (Å²) in [5.41, 5.74) is 1.86. The molecule has 8 nitrogen and oxygen atoms in total. The van der Waals surface area contributed by atoms with E-state index < -0.39 is 11.6 Å². The number of hydrogen-bond acceptors (Lipinski definition) is 6. The van der Waals surface area contributed by atoms with Gasteiger partial charge in [-0.2, -0.15) is 0 Å². The maximum absolute atomic E-state index is 12.4. The Balaban J connectivity index is 1.93. The highest BCUT2D eigenvalue weighted by Gasteiger charge is 2.27.